The average Bonchev–Trinajstić information content (AvgIpc) is 2.49. The van der Waals surface area contributed by atoms with Crippen LogP contribution >= 0.6 is 0 Å². The summed E-state index contributed by atoms with van der Waals surface area (Å²) in [5.74, 6) is 0. The zero-order chi connectivity index (χ0) is 13.9. The van der Waals surface area contributed by atoms with E-state index >= 15 is 0 Å². The van der Waals surface area contributed by atoms with Gasteiger partial charge in [0.2, 0.25) is 0 Å². The highest BCUT2D eigenvalue weighted by molar-refractivity contribution is 5.77. The first-order valence-electron chi connectivity index (χ1n) is 6.35. The van der Waals surface area contributed by atoms with Crippen LogP contribution in [0.4, 0.5) is 0 Å². The van der Waals surface area contributed by atoms with E-state index in [9.17, 15) is 4.79 Å². The van der Waals surface area contributed by atoms with Crippen molar-refractivity contribution in [3.05, 3.63) is 70.6 Å². The minimum atomic E-state index is -0.0933. The molecule has 0 atom stereocenters. The summed E-state index contributed by atoms with van der Waals surface area (Å²) >= 11 is 0. The monoisotopic (exact) mass is 266 g/mol. The largest absolute Gasteiger partial charge is 0.380 e. The fraction of sp³-hybridized carbons (Fsp3) is 0.125. The van der Waals surface area contributed by atoms with E-state index in [1.54, 1.807) is 17.9 Å². The van der Waals surface area contributed by atoms with Gasteiger partial charge in [-0.1, -0.05) is 18.2 Å². The van der Waals surface area contributed by atoms with E-state index in [2.05, 4.69) is 4.98 Å². The van der Waals surface area contributed by atoms with Crippen molar-refractivity contribution in [3.63, 3.8) is 0 Å². The number of fused-ring (bicyclic) bond motifs is 1. The van der Waals surface area contributed by atoms with Crippen LogP contribution in [0.2, 0.25) is 0 Å². The number of nitrogens with zero attached hydrogens (tertiary/aromatic N) is 2. The van der Waals surface area contributed by atoms with Crippen LogP contribution in [-0.2, 0) is 11.3 Å². The fourth-order valence-corrected chi connectivity index (χ4v) is 2.27. The Balaban J connectivity index is 2.38. The van der Waals surface area contributed by atoms with E-state index in [0.717, 1.165) is 11.1 Å². The molecule has 3 rings (SSSR count). The quantitative estimate of drug-likeness (QED) is 0.731. The Morgan fingerprint density at radius 3 is 2.70 bits per heavy atom. The van der Waals surface area contributed by atoms with Crippen LogP contribution in [0.25, 0.3) is 16.7 Å². The summed E-state index contributed by atoms with van der Waals surface area (Å²) in [4.78, 5) is 17.0. The summed E-state index contributed by atoms with van der Waals surface area (Å²) in [6.45, 7) is 0.288. The number of aromatic nitrogens is 2. The average molecular weight is 266 g/mol. The van der Waals surface area contributed by atoms with E-state index in [4.69, 9.17) is 4.74 Å². The third-order valence-electron chi connectivity index (χ3n) is 3.15. The minimum Gasteiger partial charge on any atom is -0.380 e. The molecule has 0 saturated carbocycles. The number of pyridine rings is 2. The number of benzene rings is 1. The molecule has 4 heteroatoms. The van der Waals surface area contributed by atoms with Gasteiger partial charge in [-0.3, -0.25) is 9.36 Å². The Bertz CT molecular complexity index is 794. The second-order valence-corrected chi connectivity index (χ2v) is 4.49. The predicted molar refractivity (Wildman–Crippen MR) is 78.1 cm³/mol. The molecule has 0 saturated heterocycles. The van der Waals surface area contributed by atoms with Crippen molar-refractivity contribution in [3.8, 4) is 5.69 Å². The summed E-state index contributed by atoms with van der Waals surface area (Å²) in [6.07, 6.45) is 1.69. The predicted octanol–water partition coefficient (Wildman–Crippen LogP) is 2.53. The second-order valence-electron chi connectivity index (χ2n) is 4.49. The van der Waals surface area contributed by atoms with Gasteiger partial charge >= 0.3 is 0 Å². The van der Waals surface area contributed by atoms with E-state index in [0.29, 0.717) is 11.2 Å². The molecule has 0 spiro atoms. The van der Waals surface area contributed by atoms with E-state index < -0.39 is 0 Å². The molecule has 2 aromatic heterocycles. The van der Waals surface area contributed by atoms with Gasteiger partial charge in [0.25, 0.3) is 5.56 Å². The zero-order valence-electron chi connectivity index (χ0n) is 11.1. The third-order valence-corrected chi connectivity index (χ3v) is 3.15. The topological polar surface area (TPSA) is 44.1 Å². The van der Waals surface area contributed by atoms with Crippen LogP contribution in [0, 0.1) is 0 Å². The molecule has 0 aliphatic carbocycles. The van der Waals surface area contributed by atoms with Crippen molar-refractivity contribution < 1.29 is 4.74 Å². The normalized spacial score (nSPS) is 10.8. The van der Waals surface area contributed by atoms with Gasteiger partial charge in [0.05, 0.1) is 12.3 Å². The first kappa shape index (κ1) is 12.6. The highest BCUT2D eigenvalue weighted by Crippen LogP contribution is 2.15. The lowest BCUT2D eigenvalue weighted by Crippen LogP contribution is -2.23. The van der Waals surface area contributed by atoms with Gasteiger partial charge in [0, 0.05) is 24.3 Å². The molecule has 3 aromatic rings. The Morgan fingerprint density at radius 1 is 1.15 bits per heavy atom. The summed E-state index contributed by atoms with van der Waals surface area (Å²) in [5.41, 5.74) is 1.99. The van der Waals surface area contributed by atoms with Crippen molar-refractivity contribution in [2.75, 3.05) is 7.11 Å². The SMILES string of the molecule is COCc1cc2cccnc2n(-c2ccccc2)c1=O. The second kappa shape index (κ2) is 5.27. The number of hydrogen-bond acceptors (Lipinski definition) is 3. The van der Waals surface area contributed by atoms with E-state index in [1.807, 2.05) is 48.5 Å². The van der Waals surface area contributed by atoms with Gasteiger partial charge in [-0.25, -0.2) is 4.98 Å². The molecule has 0 amide bonds. The van der Waals surface area contributed by atoms with Gasteiger partial charge in [-0.2, -0.15) is 0 Å². The van der Waals surface area contributed by atoms with Crippen LogP contribution < -0.4 is 5.56 Å². The molecule has 0 radical (unpaired) electrons. The molecule has 1 aromatic carbocycles. The van der Waals surface area contributed by atoms with Gasteiger partial charge < -0.3 is 4.74 Å². The van der Waals surface area contributed by atoms with Crippen LogP contribution in [-0.4, -0.2) is 16.7 Å². The first-order valence-corrected chi connectivity index (χ1v) is 6.35. The maximum atomic E-state index is 12.6. The van der Waals surface area contributed by atoms with Crippen LogP contribution in [0.5, 0.6) is 0 Å². The molecule has 0 aliphatic heterocycles. The Morgan fingerprint density at radius 2 is 1.95 bits per heavy atom. The molecule has 4 nitrogen and oxygen atoms in total. The molecule has 0 unspecified atom stereocenters. The minimum absolute atomic E-state index is 0.0933. The van der Waals surface area contributed by atoms with Gasteiger partial charge in [0.1, 0.15) is 5.65 Å². The Labute approximate surface area is 116 Å². The molecular weight excluding hydrogens is 252 g/mol. The summed E-state index contributed by atoms with van der Waals surface area (Å²) < 4.78 is 6.74. The van der Waals surface area contributed by atoms with Crippen molar-refractivity contribution in [2.45, 2.75) is 6.61 Å². The lowest BCUT2D eigenvalue weighted by Gasteiger charge is -2.11. The molecule has 0 bridgehead atoms. The summed E-state index contributed by atoms with van der Waals surface area (Å²) in [6, 6.07) is 15.2. The highest BCUT2D eigenvalue weighted by atomic mass is 16.5. The van der Waals surface area contributed by atoms with Crippen LogP contribution in [0.15, 0.2) is 59.5 Å². The van der Waals surface area contributed by atoms with Crippen molar-refractivity contribution in [1.29, 1.82) is 0 Å². The zero-order valence-corrected chi connectivity index (χ0v) is 11.1. The van der Waals surface area contributed by atoms with Crippen LogP contribution in [0.1, 0.15) is 5.56 Å². The third kappa shape index (κ3) is 2.10. The number of hydrogen-bond donors (Lipinski definition) is 0. The molecule has 2 heterocycles. The Hall–Kier alpha value is -2.46. The van der Waals surface area contributed by atoms with Crippen LogP contribution in [0.3, 0.4) is 0 Å². The van der Waals surface area contributed by atoms with Gasteiger partial charge in [-0.15, -0.1) is 0 Å². The smallest absolute Gasteiger partial charge is 0.262 e. The molecule has 0 fully saturated rings. The van der Waals surface area contributed by atoms with Gasteiger partial charge in [-0.05, 0) is 30.3 Å². The molecule has 20 heavy (non-hydrogen) atoms. The number of para-hydroxylation sites is 1. The lowest BCUT2D eigenvalue weighted by molar-refractivity contribution is 0.183. The first-order chi connectivity index (χ1) is 9.81. The number of methoxy groups -OCH3 is 1. The van der Waals surface area contributed by atoms with Crippen molar-refractivity contribution in [2.24, 2.45) is 0 Å². The summed E-state index contributed by atoms with van der Waals surface area (Å²) in [7, 11) is 1.58. The van der Waals surface area contributed by atoms with E-state index in [1.165, 1.54) is 0 Å². The molecule has 100 valence electrons. The highest BCUT2D eigenvalue weighted by Gasteiger charge is 2.11. The molecular formula is C16H14N2O2. The van der Waals surface area contributed by atoms with E-state index in [-0.39, 0.29) is 12.2 Å². The summed E-state index contributed by atoms with van der Waals surface area (Å²) in [5, 5.41) is 0.919. The van der Waals surface area contributed by atoms with Gasteiger partial charge in [0.15, 0.2) is 0 Å². The maximum Gasteiger partial charge on any atom is 0.262 e. The fourth-order valence-electron chi connectivity index (χ4n) is 2.27. The lowest BCUT2D eigenvalue weighted by atomic mass is 10.2. The maximum absolute atomic E-state index is 12.6. The number of rotatable bonds is 3. The standard InChI is InChI=1S/C16H14N2O2/c1-20-11-13-10-12-6-5-9-17-15(12)18(16(13)19)14-7-3-2-4-8-14/h2-10H,11H2,1H3. The number of ether oxygens (including phenoxy) is 1. The van der Waals surface area contributed by atoms with Crippen molar-refractivity contribution >= 4 is 11.0 Å². The Kier molecular flexibility index (Phi) is 3.31. The molecule has 0 aliphatic rings. The van der Waals surface area contributed by atoms with Crippen molar-refractivity contribution in [1.82, 2.24) is 9.55 Å². The molecule has 0 N–H and O–H groups in total.